The molecule has 0 spiro atoms. The minimum atomic E-state index is 0.198. The van der Waals surface area contributed by atoms with Crippen LogP contribution in [0.5, 0.6) is 0 Å². The third-order valence-corrected chi connectivity index (χ3v) is 2.56. The summed E-state index contributed by atoms with van der Waals surface area (Å²) in [7, 11) is 1.94. The van der Waals surface area contributed by atoms with Gasteiger partial charge in [-0.15, -0.1) is 0 Å². The molecule has 0 aliphatic heterocycles. The Balaban J connectivity index is 2.68. The van der Waals surface area contributed by atoms with Crippen LogP contribution in [0.15, 0.2) is 30.3 Å². The van der Waals surface area contributed by atoms with Gasteiger partial charge in [-0.2, -0.15) is 0 Å². The monoisotopic (exact) mass is 187 g/mol. The Labute approximate surface area is 83.2 Å². The number of ketones is 1. The van der Waals surface area contributed by atoms with Gasteiger partial charge in [-0.1, -0.05) is 25.1 Å². The SMILES string of the molecule is CCC(=O)c1cc2ccccc2n1C. The quantitative estimate of drug-likeness (QED) is 0.662. The fraction of sp³-hybridized carbons (Fsp3) is 0.250. The summed E-state index contributed by atoms with van der Waals surface area (Å²) < 4.78 is 1.96. The van der Waals surface area contributed by atoms with E-state index < -0.39 is 0 Å². The molecular weight excluding hydrogens is 174 g/mol. The van der Waals surface area contributed by atoms with Crippen LogP contribution >= 0.6 is 0 Å². The molecule has 2 heteroatoms. The van der Waals surface area contributed by atoms with Crippen LogP contribution in [0.4, 0.5) is 0 Å². The highest BCUT2D eigenvalue weighted by Crippen LogP contribution is 2.19. The molecule has 0 radical (unpaired) electrons. The fourth-order valence-electron chi connectivity index (χ4n) is 1.74. The second-order valence-electron chi connectivity index (χ2n) is 3.42. The number of Topliss-reactive ketones (excluding diaryl/α,β-unsaturated/α-hetero) is 1. The highest BCUT2D eigenvalue weighted by molar-refractivity contribution is 5.99. The average Bonchev–Trinajstić information content (AvgIpc) is 2.56. The molecule has 14 heavy (non-hydrogen) atoms. The summed E-state index contributed by atoms with van der Waals surface area (Å²) in [5, 5.41) is 1.13. The lowest BCUT2D eigenvalue weighted by atomic mass is 10.2. The summed E-state index contributed by atoms with van der Waals surface area (Å²) in [4.78, 5) is 11.6. The van der Waals surface area contributed by atoms with Gasteiger partial charge in [0.2, 0.25) is 0 Å². The van der Waals surface area contributed by atoms with Gasteiger partial charge in [0, 0.05) is 24.4 Å². The molecule has 2 aromatic rings. The molecule has 0 bridgehead atoms. The highest BCUT2D eigenvalue weighted by atomic mass is 16.1. The van der Waals surface area contributed by atoms with E-state index in [2.05, 4.69) is 0 Å². The van der Waals surface area contributed by atoms with E-state index in [4.69, 9.17) is 0 Å². The first-order valence-electron chi connectivity index (χ1n) is 4.81. The van der Waals surface area contributed by atoms with Crippen LogP contribution in [-0.2, 0) is 7.05 Å². The number of carbonyl (C=O) groups is 1. The summed E-state index contributed by atoms with van der Waals surface area (Å²) in [5.41, 5.74) is 1.91. The smallest absolute Gasteiger partial charge is 0.178 e. The number of benzene rings is 1. The van der Waals surface area contributed by atoms with Crippen molar-refractivity contribution < 1.29 is 4.79 Å². The zero-order valence-corrected chi connectivity index (χ0v) is 8.45. The molecular formula is C12H13NO. The van der Waals surface area contributed by atoms with Crippen molar-refractivity contribution in [3.8, 4) is 0 Å². The zero-order chi connectivity index (χ0) is 10.1. The van der Waals surface area contributed by atoms with Gasteiger partial charge in [0.1, 0.15) is 0 Å². The first-order valence-corrected chi connectivity index (χ1v) is 4.81. The Hall–Kier alpha value is -1.57. The molecule has 0 N–H and O–H groups in total. The number of para-hydroxylation sites is 1. The predicted octanol–water partition coefficient (Wildman–Crippen LogP) is 2.77. The number of carbonyl (C=O) groups excluding carboxylic acids is 1. The standard InChI is InChI=1S/C12H13NO/c1-3-12(14)11-8-9-6-4-5-7-10(9)13(11)2/h4-8H,3H2,1-2H3. The number of nitrogens with zero attached hydrogens (tertiary/aromatic N) is 1. The molecule has 1 aromatic carbocycles. The number of hydrogen-bond acceptors (Lipinski definition) is 1. The Morgan fingerprint density at radius 3 is 2.71 bits per heavy atom. The molecule has 72 valence electrons. The molecule has 2 nitrogen and oxygen atoms in total. The Morgan fingerprint density at radius 2 is 2.07 bits per heavy atom. The summed E-state index contributed by atoms with van der Waals surface area (Å²) in [6, 6.07) is 10.00. The van der Waals surface area contributed by atoms with E-state index in [1.165, 1.54) is 0 Å². The van der Waals surface area contributed by atoms with Gasteiger partial charge in [0.25, 0.3) is 0 Å². The van der Waals surface area contributed by atoms with E-state index in [0.29, 0.717) is 6.42 Å². The van der Waals surface area contributed by atoms with Crippen LogP contribution in [0.1, 0.15) is 23.8 Å². The lowest BCUT2D eigenvalue weighted by molar-refractivity contribution is 0.0981. The third-order valence-electron chi connectivity index (χ3n) is 2.56. The molecule has 0 amide bonds. The maximum Gasteiger partial charge on any atom is 0.178 e. The molecule has 0 unspecified atom stereocenters. The molecule has 0 aliphatic carbocycles. The molecule has 1 heterocycles. The Bertz CT molecular complexity index is 482. The minimum Gasteiger partial charge on any atom is -0.341 e. The van der Waals surface area contributed by atoms with Crippen molar-refractivity contribution in [2.45, 2.75) is 13.3 Å². The zero-order valence-electron chi connectivity index (χ0n) is 8.45. The summed E-state index contributed by atoms with van der Waals surface area (Å²) >= 11 is 0. The van der Waals surface area contributed by atoms with Crippen molar-refractivity contribution in [2.75, 3.05) is 0 Å². The van der Waals surface area contributed by atoms with Gasteiger partial charge >= 0.3 is 0 Å². The summed E-state index contributed by atoms with van der Waals surface area (Å²) in [6.07, 6.45) is 0.560. The maximum atomic E-state index is 11.6. The normalized spacial score (nSPS) is 10.7. The predicted molar refractivity (Wildman–Crippen MR) is 57.5 cm³/mol. The minimum absolute atomic E-state index is 0.198. The second-order valence-corrected chi connectivity index (χ2v) is 3.42. The lowest BCUT2D eigenvalue weighted by Gasteiger charge is -2.00. The lowest BCUT2D eigenvalue weighted by Crippen LogP contribution is -2.03. The van der Waals surface area contributed by atoms with Crippen LogP contribution in [0.3, 0.4) is 0 Å². The van der Waals surface area contributed by atoms with Gasteiger partial charge in [0.15, 0.2) is 5.78 Å². The topological polar surface area (TPSA) is 22.0 Å². The first-order chi connectivity index (χ1) is 6.74. The third kappa shape index (κ3) is 1.23. The number of aromatic nitrogens is 1. The van der Waals surface area contributed by atoms with E-state index in [9.17, 15) is 4.79 Å². The fourth-order valence-corrected chi connectivity index (χ4v) is 1.74. The molecule has 0 atom stereocenters. The van der Waals surface area contributed by atoms with Crippen molar-refractivity contribution in [1.29, 1.82) is 0 Å². The van der Waals surface area contributed by atoms with Crippen LogP contribution in [0.25, 0.3) is 10.9 Å². The summed E-state index contributed by atoms with van der Waals surface area (Å²) in [6.45, 7) is 1.89. The van der Waals surface area contributed by atoms with Crippen molar-refractivity contribution in [3.05, 3.63) is 36.0 Å². The Morgan fingerprint density at radius 1 is 1.36 bits per heavy atom. The second kappa shape index (κ2) is 3.29. The van der Waals surface area contributed by atoms with Gasteiger partial charge < -0.3 is 4.57 Å². The molecule has 0 saturated heterocycles. The number of rotatable bonds is 2. The largest absolute Gasteiger partial charge is 0.341 e. The van der Waals surface area contributed by atoms with Crippen LogP contribution in [-0.4, -0.2) is 10.4 Å². The molecule has 1 aromatic heterocycles. The highest BCUT2D eigenvalue weighted by Gasteiger charge is 2.10. The van der Waals surface area contributed by atoms with Gasteiger partial charge in [-0.25, -0.2) is 0 Å². The number of aryl methyl sites for hydroxylation is 1. The number of hydrogen-bond donors (Lipinski definition) is 0. The van der Waals surface area contributed by atoms with Crippen molar-refractivity contribution in [1.82, 2.24) is 4.57 Å². The first kappa shape index (κ1) is 9.00. The maximum absolute atomic E-state index is 11.6. The number of fused-ring (bicyclic) bond motifs is 1. The van der Waals surface area contributed by atoms with E-state index in [1.807, 2.05) is 48.9 Å². The van der Waals surface area contributed by atoms with Gasteiger partial charge in [-0.05, 0) is 12.1 Å². The Kier molecular flexibility index (Phi) is 2.12. The van der Waals surface area contributed by atoms with E-state index in [1.54, 1.807) is 0 Å². The molecule has 0 aliphatic rings. The average molecular weight is 187 g/mol. The molecule has 0 saturated carbocycles. The van der Waals surface area contributed by atoms with E-state index in [-0.39, 0.29) is 5.78 Å². The van der Waals surface area contributed by atoms with Crippen molar-refractivity contribution in [3.63, 3.8) is 0 Å². The van der Waals surface area contributed by atoms with Crippen LogP contribution in [0, 0.1) is 0 Å². The van der Waals surface area contributed by atoms with Gasteiger partial charge in [-0.3, -0.25) is 4.79 Å². The van der Waals surface area contributed by atoms with Crippen LogP contribution < -0.4 is 0 Å². The van der Waals surface area contributed by atoms with Gasteiger partial charge in [0.05, 0.1) is 5.69 Å². The van der Waals surface area contributed by atoms with Crippen LogP contribution in [0.2, 0.25) is 0 Å². The van der Waals surface area contributed by atoms with Crippen molar-refractivity contribution in [2.24, 2.45) is 7.05 Å². The summed E-state index contributed by atoms with van der Waals surface area (Å²) in [5.74, 6) is 0.198. The molecule has 0 fully saturated rings. The molecule has 2 rings (SSSR count). The van der Waals surface area contributed by atoms with E-state index in [0.717, 1.165) is 16.6 Å². The van der Waals surface area contributed by atoms with E-state index >= 15 is 0 Å². The van der Waals surface area contributed by atoms with Crippen molar-refractivity contribution >= 4 is 16.7 Å².